The molecule has 0 saturated carbocycles. The number of cyclic esters (lactones) is 1. The highest BCUT2D eigenvalue weighted by atomic mass is 16.6. The van der Waals surface area contributed by atoms with Crippen LogP contribution in [0.5, 0.6) is 0 Å². The number of aliphatic hydroxyl groups is 1. The van der Waals surface area contributed by atoms with E-state index in [1.807, 2.05) is 16.7 Å². The number of carbonyl (C=O) groups is 2. The third kappa shape index (κ3) is 3.34. The second kappa shape index (κ2) is 7.40. The maximum Gasteiger partial charge on any atom is 0.415 e. The highest BCUT2D eigenvalue weighted by Gasteiger charge is 2.24. The van der Waals surface area contributed by atoms with Crippen LogP contribution in [0.25, 0.3) is 16.7 Å². The fourth-order valence-electron chi connectivity index (χ4n) is 3.33. The lowest BCUT2D eigenvalue weighted by molar-refractivity contribution is 0.112. The number of nitrogens with zero attached hydrogens (tertiary/aromatic N) is 4. The molecule has 3 aromatic heterocycles. The first-order valence-corrected chi connectivity index (χ1v) is 9.11. The van der Waals surface area contributed by atoms with Gasteiger partial charge in [-0.05, 0) is 44.0 Å². The third-order valence-corrected chi connectivity index (χ3v) is 4.72. The van der Waals surface area contributed by atoms with Gasteiger partial charge in [-0.2, -0.15) is 0 Å². The number of hydrogen-bond acceptors (Lipinski definition) is 6. The number of aliphatic hydroxyl groups excluding tert-OH is 1. The number of anilines is 1. The molecule has 1 saturated heterocycles. The number of amides is 1. The molecule has 1 aliphatic rings. The molecule has 1 atom stereocenters. The summed E-state index contributed by atoms with van der Waals surface area (Å²) in [4.78, 5) is 33.2. The van der Waals surface area contributed by atoms with Crippen LogP contribution in [0.4, 0.5) is 10.6 Å². The minimum absolute atomic E-state index is 0.358. The Bertz CT molecular complexity index is 1030. The van der Waals surface area contributed by atoms with Crippen molar-refractivity contribution in [2.75, 3.05) is 18.1 Å². The molecule has 1 N–H and O–H groups in total. The van der Waals surface area contributed by atoms with Gasteiger partial charge in [0, 0.05) is 22.8 Å². The second-order valence-electron chi connectivity index (χ2n) is 6.80. The van der Waals surface area contributed by atoms with E-state index in [0.29, 0.717) is 43.0 Å². The van der Waals surface area contributed by atoms with Crippen molar-refractivity contribution < 1.29 is 19.4 Å². The van der Waals surface area contributed by atoms with Gasteiger partial charge in [-0.25, -0.2) is 14.8 Å². The lowest BCUT2D eigenvalue weighted by Crippen LogP contribution is -2.24. The summed E-state index contributed by atoms with van der Waals surface area (Å²) in [5.41, 5.74) is 2.97. The van der Waals surface area contributed by atoms with E-state index < -0.39 is 12.2 Å². The molecule has 28 heavy (non-hydrogen) atoms. The van der Waals surface area contributed by atoms with Crippen molar-refractivity contribution in [1.82, 2.24) is 14.5 Å². The number of aldehydes is 1. The quantitative estimate of drug-likeness (QED) is 0.660. The highest BCUT2D eigenvalue weighted by molar-refractivity contribution is 5.88. The Labute approximate surface area is 161 Å². The Balaban J connectivity index is 1.76. The average molecular weight is 380 g/mol. The number of pyridine rings is 2. The van der Waals surface area contributed by atoms with E-state index in [4.69, 9.17) is 4.74 Å². The van der Waals surface area contributed by atoms with Gasteiger partial charge in [-0.1, -0.05) is 0 Å². The van der Waals surface area contributed by atoms with Gasteiger partial charge < -0.3 is 9.84 Å². The van der Waals surface area contributed by atoms with E-state index in [2.05, 4.69) is 9.97 Å². The molecule has 1 fully saturated rings. The molecule has 0 bridgehead atoms. The topological polar surface area (TPSA) is 97.5 Å². The molecule has 4 heterocycles. The Hall–Kier alpha value is -3.26. The van der Waals surface area contributed by atoms with Crippen molar-refractivity contribution >= 4 is 29.2 Å². The number of aryl methyl sites for hydroxylation is 1. The highest BCUT2D eigenvalue weighted by Crippen LogP contribution is 2.26. The SMILES string of the molecule is CC(O)CCc1cc2cc(C=O)cnc2n1-c1ccc(N2CCOC2=O)nc1. The van der Waals surface area contributed by atoms with Crippen LogP contribution in [-0.2, 0) is 11.2 Å². The van der Waals surface area contributed by atoms with Gasteiger partial charge in [-0.3, -0.25) is 14.3 Å². The molecule has 1 amide bonds. The fourth-order valence-corrected chi connectivity index (χ4v) is 3.33. The summed E-state index contributed by atoms with van der Waals surface area (Å²) in [7, 11) is 0. The number of rotatable bonds is 6. The third-order valence-electron chi connectivity index (χ3n) is 4.72. The van der Waals surface area contributed by atoms with E-state index in [-0.39, 0.29) is 0 Å². The molecule has 3 aromatic rings. The van der Waals surface area contributed by atoms with Crippen LogP contribution in [0.15, 0.2) is 36.7 Å². The first-order valence-electron chi connectivity index (χ1n) is 9.11. The van der Waals surface area contributed by atoms with E-state index in [1.54, 1.807) is 25.3 Å². The summed E-state index contributed by atoms with van der Waals surface area (Å²) in [5.74, 6) is 0.532. The Morgan fingerprint density at radius 1 is 1.29 bits per heavy atom. The summed E-state index contributed by atoms with van der Waals surface area (Å²) in [6, 6.07) is 7.41. The van der Waals surface area contributed by atoms with Crippen LogP contribution >= 0.6 is 0 Å². The summed E-state index contributed by atoms with van der Waals surface area (Å²) in [6.45, 7) is 2.59. The molecular weight excluding hydrogens is 360 g/mol. The maximum atomic E-state index is 11.7. The summed E-state index contributed by atoms with van der Waals surface area (Å²) < 4.78 is 6.92. The molecule has 8 heteroatoms. The average Bonchev–Trinajstić information content (AvgIpc) is 3.29. The van der Waals surface area contributed by atoms with Gasteiger partial charge in [0.1, 0.15) is 18.1 Å². The predicted octanol–water partition coefficient (Wildman–Crippen LogP) is 2.50. The lowest BCUT2D eigenvalue weighted by atomic mass is 10.1. The van der Waals surface area contributed by atoms with E-state index in [1.165, 1.54) is 11.1 Å². The monoisotopic (exact) mass is 380 g/mol. The lowest BCUT2D eigenvalue weighted by Gasteiger charge is -2.14. The molecular formula is C20H20N4O4. The normalized spacial score (nSPS) is 15.1. The first kappa shape index (κ1) is 18.1. The van der Waals surface area contributed by atoms with Crippen molar-refractivity contribution in [2.24, 2.45) is 0 Å². The van der Waals surface area contributed by atoms with Crippen LogP contribution in [0, 0.1) is 0 Å². The fraction of sp³-hybridized carbons (Fsp3) is 0.300. The molecule has 1 unspecified atom stereocenters. The minimum atomic E-state index is -0.424. The predicted molar refractivity (Wildman–Crippen MR) is 103 cm³/mol. The number of carbonyl (C=O) groups excluding carboxylic acids is 2. The number of aromatic nitrogens is 3. The maximum absolute atomic E-state index is 11.7. The van der Waals surface area contributed by atoms with Gasteiger partial charge in [0.05, 0.1) is 24.5 Å². The zero-order chi connectivity index (χ0) is 19.7. The van der Waals surface area contributed by atoms with E-state index >= 15 is 0 Å². The van der Waals surface area contributed by atoms with Crippen LogP contribution in [0.3, 0.4) is 0 Å². The van der Waals surface area contributed by atoms with Crippen LogP contribution in [0.1, 0.15) is 29.4 Å². The van der Waals surface area contributed by atoms with Gasteiger partial charge in [0.2, 0.25) is 0 Å². The number of fused-ring (bicyclic) bond motifs is 1. The van der Waals surface area contributed by atoms with Gasteiger partial charge in [0.15, 0.2) is 6.29 Å². The molecule has 0 spiro atoms. The zero-order valence-electron chi connectivity index (χ0n) is 15.4. The van der Waals surface area contributed by atoms with Crippen molar-refractivity contribution in [3.63, 3.8) is 0 Å². The summed E-state index contributed by atoms with van der Waals surface area (Å²) >= 11 is 0. The largest absolute Gasteiger partial charge is 0.447 e. The van der Waals surface area contributed by atoms with Crippen LogP contribution in [-0.4, -0.2) is 51.3 Å². The molecule has 4 rings (SSSR count). The zero-order valence-corrected chi connectivity index (χ0v) is 15.4. The molecule has 144 valence electrons. The standard InChI is InChI=1S/C20H20N4O4/c1-13(26)2-3-16-9-15-8-14(12-25)10-22-19(15)24(16)17-4-5-18(21-11-17)23-6-7-28-20(23)27/h4-5,8-13,26H,2-3,6-7H2,1H3. The van der Waals surface area contributed by atoms with Crippen LogP contribution in [0.2, 0.25) is 0 Å². The number of hydrogen-bond donors (Lipinski definition) is 1. The smallest absolute Gasteiger partial charge is 0.415 e. The van der Waals surface area contributed by atoms with E-state index in [9.17, 15) is 14.7 Å². The van der Waals surface area contributed by atoms with Gasteiger partial charge in [-0.15, -0.1) is 0 Å². The van der Waals surface area contributed by atoms with E-state index in [0.717, 1.165) is 23.1 Å². The Morgan fingerprint density at radius 3 is 2.79 bits per heavy atom. The molecule has 8 nitrogen and oxygen atoms in total. The molecule has 1 aliphatic heterocycles. The minimum Gasteiger partial charge on any atom is -0.447 e. The molecule has 0 aliphatic carbocycles. The van der Waals surface area contributed by atoms with Crippen molar-refractivity contribution in [3.05, 3.63) is 47.9 Å². The number of ether oxygens (including phenoxy) is 1. The van der Waals surface area contributed by atoms with Gasteiger partial charge in [0.25, 0.3) is 0 Å². The summed E-state index contributed by atoms with van der Waals surface area (Å²) in [5, 5.41) is 10.5. The van der Waals surface area contributed by atoms with Crippen molar-refractivity contribution in [2.45, 2.75) is 25.9 Å². The van der Waals surface area contributed by atoms with Crippen LogP contribution < -0.4 is 4.90 Å². The second-order valence-corrected chi connectivity index (χ2v) is 6.80. The first-order chi connectivity index (χ1) is 13.6. The molecule has 0 aromatic carbocycles. The Kier molecular flexibility index (Phi) is 4.79. The van der Waals surface area contributed by atoms with Crippen molar-refractivity contribution in [1.29, 1.82) is 0 Å². The Morgan fingerprint density at radius 2 is 2.14 bits per heavy atom. The molecule has 0 radical (unpaired) electrons. The van der Waals surface area contributed by atoms with Gasteiger partial charge >= 0.3 is 6.09 Å². The van der Waals surface area contributed by atoms with Crippen molar-refractivity contribution in [3.8, 4) is 5.69 Å². The summed E-state index contributed by atoms with van der Waals surface area (Å²) in [6.07, 6.45) is 4.41.